The van der Waals surface area contributed by atoms with Gasteiger partial charge in [0.05, 0.1) is 18.1 Å². The lowest BCUT2D eigenvalue weighted by atomic mass is 9.86. The molecule has 27 heavy (non-hydrogen) atoms. The Kier molecular flexibility index (Phi) is 5.37. The zero-order valence-electron chi connectivity index (χ0n) is 16.0. The van der Waals surface area contributed by atoms with E-state index in [0.29, 0.717) is 17.3 Å². The van der Waals surface area contributed by atoms with Gasteiger partial charge in [0.2, 0.25) is 0 Å². The third-order valence-corrected chi connectivity index (χ3v) is 4.81. The molecule has 0 saturated carbocycles. The molecule has 0 radical (unpaired) electrons. The number of aromatic nitrogens is 4. The van der Waals surface area contributed by atoms with Gasteiger partial charge in [0.25, 0.3) is 5.91 Å². The second-order valence-electron chi connectivity index (χ2n) is 7.70. The number of carbonyl (C=O) groups is 1. The Morgan fingerprint density at radius 1 is 1.26 bits per heavy atom. The van der Waals surface area contributed by atoms with Crippen LogP contribution in [0.4, 0.5) is 0 Å². The predicted molar refractivity (Wildman–Crippen MR) is 107 cm³/mol. The van der Waals surface area contributed by atoms with Crippen LogP contribution < -0.4 is 5.32 Å². The topological polar surface area (TPSA) is 64.7 Å². The van der Waals surface area contributed by atoms with Crippen molar-refractivity contribution in [1.82, 2.24) is 24.6 Å². The summed E-state index contributed by atoms with van der Waals surface area (Å²) in [7, 11) is 1.83. The normalized spacial score (nSPS) is 12.8. The van der Waals surface area contributed by atoms with Crippen molar-refractivity contribution in [3.8, 4) is 11.3 Å². The fourth-order valence-electron chi connectivity index (χ4n) is 2.84. The first-order valence-electron chi connectivity index (χ1n) is 8.80. The SMILES string of the molecule is Cn1nc(C(=O)N[C@@H](Cn2ccnc2)C(C)(C)C)cc1-c1ccc(Cl)cc1. The smallest absolute Gasteiger partial charge is 0.272 e. The van der Waals surface area contributed by atoms with E-state index in [1.807, 2.05) is 42.1 Å². The Labute approximate surface area is 164 Å². The number of benzene rings is 1. The average Bonchev–Trinajstić information content (AvgIpc) is 3.24. The highest BCUT2D eigenvalue weighted by atomic mass is 35.5. The monoisotopic (exact) mass is 385 g/mol. The van der Waals surface area contributed by atoms with Gasteiger partial charge < -0.3 is 9.88 Å². The molecule has 2 aromatic heterocycles. The molecule has 2 heterocycles. The van der Waals surface area contributed by atoms with Crippen LogP contribution in [-0.2, 0) is 13.6 Å². The van der Waals surface area contributed by atoms with E-state index in [4.69, 9.17) is 11.6 Å². The molecule has 0 aliphatic heterocycles. The standard InChI is InChI=1S/C20H24ClN5O/c1-20(2,3)18(12-26-10-9-22-13-26)23-19(27)16-11-17(25(4)24-16)14-5-7-15(21)8-6-14/h5-11,13,18H,12H2,1-4H3,(H,23,27)/t18-/m0/s1. The summed E-state index contributed by atoms with van der Waals surface area (Å²) in [6.45, 7) is 6.96. The summed E-state index contributed by atoms with van der Waals surface area (Å²) in [6, 6.07) is 9.21. The van der Waals surface area contributed by atoms with Crippen LogP contribution in [0.2, 0.25) is 5.02 Å². The maximum atomic E-state index is 12.8. The van der Waals surface area contributed by atoms with E-state index in [-0.39, 0.29) is 17.4 Å². The highest BCUT2D eigenvalue weighted by molar-refractivity contribution is 6.30. The number of hydrogen-bond acceptors (Lipinski definition) is 3. The number of nitrogens with zero attached hydrogens (tertiary/aromatic N) is 4. The molecule has 1 aromatic carbocycles. The number of aryl methyl sites for hydroxylation is 1. The number of halogens is 1. The molecule has 142 valence electrons. The molecule has 1 atom stereocenters. The first kappa shape index (κ1) is 19.2. The van der Waals surface area contributed by atoms with Crippen LogP contribution in [0.15, 0.2) is 49.1 Å². The fraction of sp³-hybridized carbons (Fsp3) is 0.350. The maximum absolute atomic E-state index is 12.8. The zero-order chi connectivity index (χ0) is 19.6. The van der Waals surface area contributed by atoms with Crippen LogP contribution >= 0.6 is 11.6 Å². The van der Waals surface area contributed by atoms with E-state index in [9.17, 15) is 4.79 Å². The molecule has 1 amide bonds. The average molecular weight is 386 g/mol. The fourth-order valence-corrected chi connectivity index (χ4v) is 2.97. The van der Waals surface area contributed by atoms with Crippen molar-refractivity contribution in [2.24, 2.45) is 12.5 Å². The molecule has 0 spiro atoms. The van der Waals surface area contributed by atoms with Crippen molar-refractivity contribution in [1.29, 1.82) is 0 Å². The first-order chi connectivity index (χ1) is 12.7. The molecular weight excluding hydrogens is 362 g/mol. The van der Waals surface area contributed by atoms with E-state index >= 15 is 0 Å². The van der Waals surface area contributed by atoms with Gasteiger partial charge in [0.1, 0.15) is 0 Å². The van der Waals surface area contributed by atoms with Crippen molar-refractivity contribution >= 4 is 17.5 Å². The first-order valence-corrected chi connectivity index (χ1v) is 9.18. The van der Waals surface area contributed by atoms with Gasteiger partial charge >= 0.3 is 0 Å². The number of rotatable bonds is 5. The summed E-state index contributed by atoms with van der Waals surface area (Å²) in [5.41, 5.74) is 2.09. The number of nitrogens with one attached hydrogen (secondary N) is 1. The van der Waals surface area contributed by atoms with E-state index in [0.717, 1.165) is 11.3 Å². The van der Waals surface area contributed by atoms with Gasteiger partial charge in [-0.25, -0.2) is 4.98 Å². The minimum absolute atomic E-state index is 0.0693. The lowest BCUT2D eigenvalue weighted by molar-refractivity contribution is 0.0886. The Morgan fingerprint density at radius 2 is 1.96 bits per heavy atom. The van der Waals surface area contributed by atoms with E-state index in [2.05, 4.69) is 36.2 Å². The van der Waals surface area contributed by atoms with Crippen LogP contribution in [0, 0.1) is 5.41 Å². The van der Waals surface area contributed by atoms with Crippen molar-refractivity contribution in [3.63, 3.8) is 0 Å². The Balaban J connectivity index is 1.80. The number of imidazole rings is 1. The zero-order valence-corrected chi connectivity index (χ0v) is 16.7. The van der Waals surface area contributed by atoms with E-state index in [1.165, 1.54) is 0 Å². The Bertz CT molecular complexity index is 907. The lowest BCUT2D eigenvalue weighted by Crippen LogP contribution is -2.46. The quantitative estimate of drug-likeness (QED) is 0.726. The molecule has 0 aliphatic carbocycles. The van der Waals surface area contributed by atoms with Crippen molar-refractivity contribution in [2.75, 3.05) is 0 Å². The number of hydrogen-bond donors (Lipinski definition) is 1. The van der Waals surface area contributed by atoms with Crippen LogP contribution in [0.1, 0.15) is 31.3 Å². The minimum atomic E-state index is -0.189. The Hall–Kier alpha value is -2.60. The van der Waals surface area contributed by atoms with Crippen LogP contribution in [0.5, 0.6) is 0 Å². The largest absolute Gasteiger partial charge is 0.346 e. The molecule has 1 N–H and O–H groups in total. The van der Waals surface area contributed by atoms with Crippen molar-refractivity contribution in [3.05, 3.63) is 59.8 Å². The predicted octanol–water partition coefficient (Wildman–Crippen LogP) is 3.78. The lowest BCUT2D eigenvalue weighted by Gasteiger charge is -2.31. The summed E-state index contributed by atoms with van der Waals surface area (Å²) in [5, 5.41) is 8.19. The van der Waals surface area contributed by atoms with Gasteiger partial charge in [-0.15, -0.1) is 0 Å². The second-order valence-corrected chi connectivity index (χ2v) is 8.13. The van der Waals surface area contributed by atoms with Gasteiger partial charge in [-0.3, -0.25) is 9.48 Å². The van der Waals surface area contributed by atoms with E-state index < -0.39 is 0 Å². The van der Waals surface area contributed by atoms with Gasteiger partial charge in [-0.1, -0.05) is 44.5 Å². The summed E-state index contributed by atoms with van der Waals surface area (Å²) in [6.07, 6.45) is 5.38. The van der Waals surface area contributed by atoms with Crippen molar-refractivity contribution in [2.45, 2.75) is 33.4 Å². The van der Waals surface area contributed by atoms with Gasteiger partial charge in [0, 0.05) is 31.0 Å². The summed E-state index contributed by atoms with van der Waals surface area (Å²) >= 11 is 5.96. The van der Waals surface area contributed by atoms with Crippen LogP contribution in [0.25, 0.3) is 11.3 Å². The van der Waals surface area contributed by atoms with Gasteiger partial charge in [-0.2, -0.15) is 5.10 Å². The highest BCUT2D eigenvalue weighted by Crippen LogP contribution is 2.24. The summed E-state index contributed by atoms with van der Waals surface area (Å²) in [5.74, 6) is -0.189. The van der Waals surface area contributed by atoms with Gasteiger partial charge in [-0.05, 0) is 29.2 Å². The third-order valence-electron chi connectivity index (χ3n) is 4.56. The number of carbonyl (C=O) groups excluding carboxylic acids is 1. The molecule has 0 saturated heterocycles. The maximum Gasteiger partial charge on any atom is 0.272 e. The molecule has 0 unspecified atom stereocenters. The molecule has 3 rings (SSSR count). The Morgan fingerprint density at radius 3 is 2.56 bits per heavy atom. The minimum Gasteiger partial charge on any atom is -0.346 e. The van der Waals surface area contributed by atoms with Crippen LogP contribution in [0.3, 0.4) is 0 Å². The molecule has 0 aliphatic rings. The third kappa shape index (κ3) is 4.57. The molecule has 0 bridgehead atoms. The summed E-state index contributed by atoms with van der Waals surface area (Å²) < 4.78 is 3.67. The second kappa shape index (κ2) is 7.56. The van der Waals surface area contributed by atoms with Crippen LogP contribution in [-0.4, -0.2) is 31.3 Å². The van der Waals surface area contributed by atoms with Gasteiger partial charge in [0.15, 0.2) is 5.69 Å². The molecule has 6 nitrogen and oxygen atoms in total. The summed E-state index contributed by atoms with van der Waals surface area (Å²) in [4.78, 5) is 16.9. The van der Waals surface area contributed by atoms with E-state index in [1.54, 1.807) is 23.3 Å². The molecule has 7 heteroatoms. The van der Waals surface area contributed by atoms with Crippen molar-refractivity contribution < 1.29 is 4.79 Å². The molecular formula is C20H24ClN5O. The highest BCUT2D eigenvalue weighted by Gasteiger charge is 2.28. The molecule has 0 fully saturated rings. The molecule has 3 aromatic rings. The number of amides is 1.